The molecule has 1 aliphatic heterocycles. The summed E-state index contributed by atoms with van der Waals surface area (Å²) in [6.45, 7) is 2.66. The second-order valence-corrected chi connectivity index (χ2v) is 8.44. The van der Waals surface area contributed by atoms with Gasteiger partial charge in [-0.05, 0) is 25.2 Å². The highest BCUT2D eigenvalue weighted by Crippen LogP contribution is 2.48. The van der Waals surface area contributed by atoms with Crippen molar-refractivity contribution in [2.24, 2.45) is 11.3 Å². The summed E-state index contributed by atoms with van der Waals surface area (Å²) in [6.07, 6.45) is 3.99. The summed E-state index contributed by atoms with van der Waals surface area (Å²) in [5.41, 5.74) is -0.802. The third kappa shape index (κ3) is 3.95. The fourth-order valence-electron chi connectivity index (χ4n) is 3.61. The molecular formula is C14H25N3O5S. The standard InChI is InChI=1S/C14H25N3O5S/c1-3-11(7-15-23(2,21)22)16-13(20)17-8-10-5-4-6-14(10,9-17)12(18)19/h10-11,15H,3-9H2,1-2H3,(H,16,20)(H,18,19)/t10-,11?,14+/m0/s1. The second-order valence-electron chi connectivity index (χ2n) is 6.61. The Kier molecular flexibility index (Phi) is 5.20. The van der Waals surface area contributed by atoms with Gasteiger partial charge in [0.25, 0.3) is 0 Å². The van der Waals surface area contributed by atoms with E-state index >= 15 is 0 Å². The van der Waals surface area contributed by atoms with E-state index in [9.17, 15) is 23.1 Å². The fourth-order valence-corrected chi connectivity index (χ4v) is 4.11. The van der Waals surface area contributed by atoms with Crippen LogP contribution in [-0.4, -0.2) is 62.4 Å². The molecule has 0 spiro atoms. The van der Waals surface area contributed by atoms with Crippen LogP contribution < -0.4 is 10.0 Å². The third-order valence-corrected chi connectivity index (χ3v) is 5.69. The van der Waals surface area contributed by atoms with Gasteiger partial charge in [-0.3, -0.25) is 4.79 Å². The quantitative estimate of drug-likeness (QED) is 0.635. The maximum absolute atomic E-state index is 12.4. The van der Waals surface area contributed by atoms with E-state index < -0.39 is 21.4 Å². The molecule has 1 aliphatic carbocycles. The molecule has 8 nitrogen and oxygen atoms in total. The van der Waals surface area contributed by atoms with Crippen molar-refractivity contribution in [3.63, 3.8) is 0 Å². The van der Waals surface area contributed by atoms with Crippen LogP contribution in [0.3, 0.4) is 0 Å². The lowest BCUT2D eigenvalue weighted by molar-refractivity contribution is -0.149. The van der Waals surface area contributed by atoms with Crippen molar-refractivity contribution in [1.82, 2.24) is 14.9 Å². The predicted molar refractivity (Wildman–Crippen MR) is 84.4 cm³/mol. The number of nitrogens with one attached hydrogen (secondary N) is 2. The molecule has 23 heavy (non-hydrogen) atoms. The van der Waals surface area contributed by atoms with Crippen LogP contribution in [0.1, 0.15) is 32.6 Å². The Morgan fingerprint density at radius 2 is 2.13 bits per heavy atom. The van der Waals surface area contributed by atoms with Gasteiger partial charge in [-0.15, -0.1) is 0 Å². The highest BCUT2D eigenvalue weighted by Gasteiger charge is 2.55. The number of aliphatic carboxylic acids is 1. The van der Waals surface area contributed by atoms with Crippen LogP contribution >= 0.6 is 0 Å². The average Bonchev–Trinajstić information content (AvgIpc) is 2.99. The Hall–Kier alpha value is -1.35. The number of carboxylic acid groups (broad SMARTS) is 1. The lowest BCUT2D eigenvalue weighted by Gasteiger charge is -2.25. The van der Waals surface area contributed by atoms with Crippen LogP contribution in [0.4, 0.5) is 4.79 Å². The molecule has 3 atom stereocenters. The number of sulfonamides is 1. The molecule has 2 rings (SSSR count). The highest BCUT2D eigenvalue weighted by molar-refractivity contribution is 7.88. The fraction of sp³-hybridized carbons (Fsp3) is 0.857. The summed E-state index contributed by atoms with van der Waals surface area (Å²) < 4.78 is 24.7. The zero-order valence-corrected chi connectivity index (χ0v) is 14.4. The molecule has 0 bridgehead atoms. The van der Waals surface area contributed by atoms with Crippen molar-refractivity contribution < 1.29 is 23.1 Å². The number of likely N-dealkylation sites (tertiary alicyclic amines) is 1. The Bertz CT molecular complexity index is 579. The summed E-state index contributed by atoms with van der Waals surface area (Å²) in [6, 6.07) is -0.638. The van der Waals surface area contributed by atoms with Gasteiger partial charge in [-0.2, -0.15) is 0 Å². The number of carbonyl (C=O) groups is 2. The maximum atomic E-state index is 12.4. The molecular weight excluding hydrogens is 322 g/mol. The molecule has 0 aromatic carbocycles. The van der Waals surface area contributed by atoms with E-state index in [-0.39, 0.29) is 31.1 Å². The van der Waals surface area contributed by atoms with E-state index in [1.807, 2.05) is 6.92 Å². The number of carboxylic acids is 1. The van der Waals surface area contributed by atoms with Crippen LogP contribution in [0.15, 0.2) is 0 Å². The van der Waals surface area contributed by atoms with Gasteiger partial charge in [-0.25, -0.2) is 17.9 Å². The number of hydrogen-bond acceptors (Lipinski definition) is 4. The summed E-state index contributed by atoms with van der Waals surface area (Å²) in [7, 11) is -3.31. The Morgan fingerprint density at radius 1 is 1.43 bits per heavy atom. The minimum absolute atomic E-state index is 0.0139. The number of hydrogen-bond donors (Lipinski definition) is 3. The first-order valence-electron chi connectivity index (χ1n) is 7.91. The Labute approximate surface area is 136 Å². The van der Waals surface area contributed by atoms with Crippen LogP contribution in [0.5, 0.6) is 0 Å². The number of carbonyl (C=O) groups excluding carboxylic acids is 1. The molecule has 9 heteroatoms. The molecule has 2 fully saturated rings. The number of nitrogens with zero attached hydrogens (tertiary/aromatic N) is 1. The van der Waals surface area contributed by atoms with E-state index in [2.05, 4.69) is 10.0 Å². The van der Waals surface area contributed by atoms with Crippen molar-refractivity contribution in [3.05, 3.63) is 0 Å². The van der Waals surface area contributed by atoms with Crippen LogP contribution in [0.2, 0.25) is 0 Å². The SMILES string of the molecule is CCC(CNS(C)(=O)=O)NC(=O)N1C[C@@H]2CCC[C@@]2(C(=O)O)C1. The van der Waals surface area contributed by atoms with Gasteiger partial charge in [0.15, 0.2) is 0 Å². The van der Waals surface area contributed by atoms with Gasteiger partial charge in [0.05, 0.1) is 11.7 Å². The maximum Gasteiger partial charge on any atom is 0.317 e. The van der Waals surface area contributed by atoms with Gasteiger partial charge in [0, 0.05) is 25.7 Å². The van der Waals surface area contributed by atoms with E-state index in [0.717, 1.165) is 19.1 Å². The zero-order chi connectivity index (χ0) is 17.3. The van der Waals surface area contributed by atoms with Crippen molar-refractivity contribution in [1.29, 1.82) is 0 Å². The van der Waals surface area contributed by atoms with Crippen molar-refractivity contribution in [3.8, 4) is 0 Å². The average molecular weight is 347 g/mol. The van der Waals surface area contributed by atoms with Gasteiger partial charge in [0.1, 0.15) is 0 Å². The monoisotopic (exact) mass is 347 g/mol. The third-order valence-electron chi connectivity index (χ3n) is 5.00. The normalized spacial score (nSPS) is 28.4. The molecule has 1 saturated heterocycles. The minimum Gasteiger partial charge on any atom is -0.481 e. The molecule has 0 radical (unpaired) electrons. The topological polar surface area (TPSA) is 116 Å². The number of urea groups is 1. The van der Waals surface area contributed by atoms with Crippen LogP contribution in [0, 0.1) is 11.3 Å². The van der Waals surface area contributed by atoms with E-state index in [1.54, 1.807) is 4.90 Å². The first kappa shape index (κ1) is 18.0. The van der Waals surface area contributed by atoms with E-state index in [1.165, 1.54) is 0 Å². The molecule has 0 aromatic heterocycles. The molecule has 1 saturated carbocycles. The van der Waals surface area contributed by atoms with Crippen LogP contribution in [-0.2, 0) is 14.8 Å². The number of amides is 2. The van der Waals surface area contributed by atoms with Gasteiger partial charge >= 0.3 is 12.0 Å². The first-order chi connectivity index (χ1) is 10.7. The molecule has 0 aromatic rings. The summed E-state index contributed by atoms with van der Waals surface area (Å²) >= 11 is 0. The molecule has 3 N–H and O–H groups in total. The van der Waals surface area contributed by atoms with Crippen LogP contribution in [0.25, 0.3) is 0 Å². The largest absolute Gasteiger partial charge is 0.481 e. The molecule has 1 heterocycles. The number of fused-ring (bicyclic) bond motifs is 1. The Balaban J connectivity index is 1.95. The zero-order valence-electron chi connectivity index (χ0n) is 13.5. The van der Waals surface area contributed by atoms with Crippen molar-refractivity contribution in [2.75, 3.05) is 25.9 Å². The molecule has 1 unspecified atom stereocenters. The highest BCUT2D eigenvalue weighted by atomic mass is 32.2. The summed E-state index contributed by atoms with van der Waals surface area (Å²) in [5.74, 6) is -0.805. The van der Waals surface area contributed by atoms with Crippen molar-refractivity contribution in [2.45, 2.75) is 38.6 Å². The number of rotatable bonds is 6. The minimum atomic E-state index is -3.31. The van der Waals surface area contributed by atoms with Gasteiger partial charge < -0.3 is 15.3 Å². The summed E-state index contributed by atoms with van der Waals surface area (Å²) in [5, 5.41) is 12.3. The van der Waals surface area contributed by atoms with Gasteiger partial charge in [0.2, 0.25) is 10.0 Å². The summed E-state index contributed by atoms with van der Waals surface area (Å²) in [4.78, 5) is 25.6. The second kappa shape index (κ2) is 6.64. The van der Waals surface area contributed by atoms with Gasteiger partial charge in [-0.1, -0.05) is 13.3 Å². The van der Waals surface area contributed by atoms with Crippen molar-refractivity contribution >= 4 is 22.0 Å². The van der Waals surface area contributed by atoms with E-state index in [0.29, 0.717) is 19.4 Å². The smallest absolute Gasteiger partial charge is 0.317 e. The molecule has 132 valence electrons. The molecule has 2 amide bonds. The molecule has 2 aliphatic rings. The predicted octanol–water partition coefficient (Wildman–Crippen LogP) is 0.211. The first-order valence-corrected chi connectivity index (χ1v) is 9.80. The van der Waals surface area contributed by atoms with E-state index in [4.69, 9.17) is 0 Å². The Morgan fingerprint density at radius 3 is 2.65 bits per heavy atom. The lowest BCUT2D eigenvalue weighted by Crippen LogP contribution is -2.49. The lowest BCUT2D eigenvalue weighted by atomic mass is 9.81.